The van der Waals surface area contributed by atoms with E-state index in [4.69, 9.17) is 10.5 Å². The molecule has 0 heterocycles. The summed E-state index contributed by atoms with van der Waals surface area (Å²) < 4.78 is 5.28. The number of Topliss-reactive ketones (excluding diaryl/α,β-unsaturated/α-hetero) is 1. The fourth-order valence-electron chi connectivity index (χ4n) is 2.15. The lowest BCUT2D eigenvalue weighted by Gasteiger charge is -2.13. The van der Waals surface area contributed by atoms with E-state index in [1.165, 1.54) is 0 Å². The molecule has 0 amide bonds. The van der Waals surface area contributed by atoms with Crippen LogP contribution in [0.25, 0.3) is 0 Å². The van der Waals surface area contributed by atoms with E-state index in [9.17, 15) is 4.79 Å². The molecule has 3 nitrogen and oxygen atoms in total. The summed E-state index contributed by atoms with van der Waals surface area (Å²) in [5.74, 6) is 1.04. The third kappa shape index (κ3) is 2.34. The van der Waals surface area contributed by atoms with Crippen molar-refractivity contribution in [2.24, 2.45) is 11.1 Å². The van der Waals surface area contributed by atoms with Crippen molar-refractivity contribution in [2.75, 3.05) is 13.7 Å². The second-order valence-electron chi connectivity index (χ2n) is 4.90. The number of carbonyl (C=O) groups is 1. The second-order valence-corrected chi connectivity index (χ2v) is 4.90. The molecule has 92 valence electrons. The van der Waals surface area contributed by atoms with E-state index >= 15 is 0 Å². The molecule has 1 fully saturated rings. The molecule has 0 radical (unpaired) electrons. The van der Waals surface area contributed by atoms with Gasteiger partial charge >= 0.3 is 0 Å². The van der Waals surface area contributed by atoms with Crippen LogP contribution in [0.15, 0.2) is 18.2 Å². The molecule has 0 spiro atoms. The first-order valence-corrected chi connectivity index (χ1v) is 5.98. The Kier molecular flexibility index (Phi) is 3.20. The summed E-state index contributed by atoms with van der Waals surface area (Å²) in [4.78, 5) is 12.2. The molecule has 1 saturated carbocycles. The Balaban J connectivity index is 2.18. The van der Waals surface area contributed by atoms with Crippen LogP contribution in [-0.4, -0.2) is 19.4 Å². The van der Waals surface area contributed by atoms with Gasteiger partial charge in [-0.05, 0) is 25.8 Å². The summed E-state index contributed by atoms with van der Waals surface area (Å²) >= 11 is 0. The Morgan fingerprint density at radius 2 is 2.18 bits per heavy atom. The van der Waals surface area contributed by atoms with Crippen molar-refractivity contribution >= 4 is 5.78 Å². The predicted octanol–water partition coefficient (Wildman–Crippen LogP) is 1.85. The first-order chi connectivity index (χ1) is 8.11. The van der Waals surface area contributed by atoms with Gasteiger partial charge in [-0.3, -0.25) is 4.79 Å². The number of benzene rings is 1. The number of nitrogens with two attached hydrogens (primary N) is 1. The first-order valence-electron chi connectivity index (χ1n) is 5.98. The van der Waals surface area contributed by atoms with Gasteiger partial charge in [0.15, 0.2) is 0 Å². The minimum Gasteiger partial charge on any atom is -0.496 e. The third-order valence-electron chi connectivity index (χ3n) is 3.62. The van der Waals surface area contributed by atoms with Crippen molar-refractivity contribution in [3.63, 3.8) is 0 Å². The lowest BCUT2D eigenvalue weighted by Crippen LogP contribution is -2.26. The van der Waals surface area contributed by atoms with Gasteiger partial charge in [0, 0.05) is 23.9 Å². The Morgan fingerprint density at radius 1 is 1.47 bits per heavy atom. The molecule has 3 heteroatoms. The molecule has 1 aromatic rings. The highest BCUT2D eigenvalue weighted by Crippen LogP contribution is 2.46. The molecule has 1 aromatic carbocycles. The van der Waals surface area contributed by atoms with Crippen molar-refractivity contribution in [3.05, 3.63) is 29.3 Å². The second kappa shape index (κ2) is 4.49. The van der Waals surface area contributed by atoms with Crippen LogP contribution in [0.5, 0.6) is 5.75 Å². The standard InChI is InChI=1S/C14H19NO2/c1-10-3-4-12(17-2)11(7-10)8-13(16)14(9-15)5-6-14/h3-4,7H,5-6,8-9,15H2,1-2H3. The summed E-state index contributed by atoms with van der Waals surface area (Å²) in [7, 11) is 1.63. The summed E-state index contributed by atoms with van der Waals surface area (Å²) in [6.07, 6.45) is 2.31. The molecule has 0 aliphatic heterocycles. The number of aryl methyl sites for hydroxylation is 1. The Hall–Kier alpha value is -1.35. The molecular weight excluding hydrogens is 214 g/mol. The van der Waals surface area contributed by atoms with Crippen LogP contribution in [0, 0.1) is 12.3 Å². The molecule has 0 atom stereocenters. The smallest absolute Gasteiger partial charge is 0.144 e. The SMILES string of the molecule is COc1ccc(C)cc1CC(=O)C1(CN)CC1. The van der Waals surface area contributed by atoms with Gasteiger partial charge in [0.05, 0.1) is 7.11 Å². The van der Waals surface area contributed by atoms with Gasteiger partial charge in [-0.2, -0.15) is 0 Å². The van der Waals surface area contributed by atoms with Crippen molar-refractivity contribution < 1.29 is 9.53 Å². The predicted molar refractivity (Wildman–Crippen MR) is 67.2 cm³/mol. The van der Waals surface area contributed by atoms with Gasteiger partial charge in [0.25, 0.3) is 0 Å². The van der Waals surface area contributed by atoms with Gasteiger partial charge in [-0.15, -0.1) is 0 Å². The van der Waals surface area contributed by atoms with E-state index in [1.807, 2.05) is 25.1 Å². The maximum absolute atomic E-state index is 12.2. The van der Waals surface area contributed by atoms with E-state index in [1.54, 1.807) is 7.11 Å². The maximum atomic E-state index is 12.2. The normalized spacial score (nSPS) is 16.6. The molecule has 0 aromatic heterocycles. The van der Waals surface area contributed by atoms with Gasteiger partial charge in [-0.25, -0.2) is 0 Å². The van der Waals surface area contributed by atoms with E-state index in [0.717, 1.165) is 29.7 Å². The van der Waals surface area contributed by atoms with Gasteiger partial charge in [-0.1, -0.05) is 17.7 Å². The summed E-state index contributed by atoms with van der Waals surface area (Å²) in [5.41, 5.74) is 7.56. The number of methoxy groups -OCH3 is 1. The van der Waals surface area contributed by atoms with Crippen LogP contribution in [0.2, 0.25) is 0 Å². The van der Waals surface area contributed by atoms with Gasteiger partial charge in [0.2, 0.25) is 0 Å². The minimum atomic E-state index is -0.227. The van der Waals surface area contributed by atoms with Gasteiger partial charge < -0.3 is 10.5 Å². The van der Waals surface area contributed by atoms with E-state index in [0.29, 0.717) is 13.0 Å². The third-order valence-corrected chi connectivity index (χ3v) is 3.62. The molecule has 1 aliphatic carbocycles. The molecule has 0 unspecified atom stereocenters. The zero-order chi connectivity index (χ0) is 12.5. The molecule has 2 N–H and O–H groups in total. The Morgan fingerprint density at radius 3 is 2.71 bits per heavy atom. The fraction of sp³-hybridized carbons (Fsp3) is 0.500. The summed E-state index contributed by atoms with van der Waals surface area (Å²) in [6.45, 7) is 2.49. The monoisotopic (exact) mass is 233 g/mol. The van der Waals surface area contributed by atoms with Crippen LogP contribution in [0.4, 0.5) is 0 Å². The van der Waals surface area contributed by atoms with Crippen LogP contribution in [-0.2, 0) is 11.2 Å². The topological polar surface area (TPSA) is 52.3 Å². The quantitative estimate of drug-likeness (QED) is 0.844. The number of rotatable bonds is 5. The summed E-state index contributed by atoms with van der Waals surface area (Å²) in [5, 5.41) is 0. The molecule has 2 rings (SSSR count). The lowest BCUT2D eigenvalue weighted by molar-refractivity contribution is -0.123. The largest absolute Gasteiger partial charge is 0.496 e. The fourth-order valence-corrected chi connectivity index (χ4v) is 2.15. The van der Waals surface area contributed by atoms with Crippen molar-refractivity contribution in [2.45, 2.75) is 26.2 Å². The van der Waals surface area contributed by atoms with Crippen molar-refractivity contribution in [3.8, 4) is 5.75 Å². The average molecular weight is 233 g/mol. The highest BCUT2D eigenvalue weighted by Gasteiger charge is 2.47. The number of ether oxygens (including phenoxy) is 1. The highest BCUT2D eigenvalue weighted by molar-refractivity contribution is 5.89. The average Bonchev–Trinajstić information content (AvgIpc) is 3.10. The number of hydrogen-bond donors (Lipinski definition) is 1. The number of carbonyl (C=O) groups excluding carboxylic acids is 1. The van der Waals surface area contributed by atoms with Crippen LogP contribution < -0.4 is 10.5 Å². The van der Waals surface area contributed by atoms with E-state index in [2.05, 4.69) is 0 Å². The van der Waals surface area contributed by atoms with E-state index < -0.39 is 0 Å². The van der Waals surface area contributed by atoms with Crippen LogP contribution in [0.3, 0.4) is 0 Å². The highest BCUT2D eigenvalue weighted by atomic mass is 16.5. The van der Waals surface area contributed by atoms with Crippen LogP contribution >= 0.6 is 0 Å². The minimum absolute atomic E-state index is 0.227. The number of ketones is 1. The van der Waals surface area contributed by atoms with Crippen molar-refractivity contribution in [1.29, 1.82) is 0 Å². The zero-order valence-corrected chi connectivity index (χ0v) is 10.5. The lowest BCUT2D eigenvalue weighted by atomic mass is 9.94. The van der Waals surface area contributed by atoms with Crippen molar-refractivity contribution in [1.82, 2.24) is 0 Å². The zero-order valence-electron chi connectivity index (χ0n) is 10.5. The molecule has 17 heavy (non-hydrogen) atoms. The van der Waals surface area contributed by atoms with E-state index in [-0.39, 0.29) is 11.2 Å². The molecule has 0 saturated heterocycles. The van der Waals surface area contributed by atoms with Crippen LogP contribution in [0.1, 0.15) is 24.0 Å². The molecule has 0 bridgehead atoms. The maximum Gasteiger partial charge on any atom is 0.144 e. The molecule has 1 aliphatic rings. The Bertz CT molecular complexity index is 436. The van der Waals surface area contributed by atoms with Gasteiger partial charge in [0.1, 0.15) is 11.5 Å². The molecular formula is C14H19NO2. The Labute approximate surface area is 102 Å². The number of hydrogen-bond acceptors (Lipinski definition) is 3. The first kappa shape index (κ1) is 12.1. The summed E-state index contributed by atoms with van der Waals surface area (Å²) in [6, 6.07) is 5.92.